The number of piperazine rings is 1. The first kappa shape index (κ1) is 18.8. The van der Waals surface area contributed by atoms with E-state index in [1.807, 2.05) is 26.0 Å². The highest BCUT2D eigenvalue weighted by atomic mass is 16.5. The van der Waals surface area contributed by atoms with Gasteiger partial charge < -0.3 is 26.1 Å². The Labute approximate surface area is 166 Å². The molecular weight excluding hydrogens is 352 g/mol. The van der Waals surface area contributed by atoms with Crippen molar-refractivity contribution < 1.29 is 4.74 Å². The smallest absolute Gasteiger partial charge is 0.123 e. The van der Waals surface area contributed by atoms with Crippen molar-refractivity contribution in [2.24, 2.45) is 4.99 Å². The van der Waals surface area contributed by atoms with Crippen molar-refractivity contribution in [1.82, 2.24) is 15.1 Å². The van der Waals surface area contributed by atoms with Crippen LogP contribution in [0.2, 0.25) is 0 Å². The molecular formula is C21H30N6O. The first-order chi connectivity index (χ1) is 13.5. The van der Waals surface area contributed by atoms with Gasteiger partial charge in [0, 0.05) is 43.5 Å². The lowest BCUT2D eigenvalue weighted by Gasteiger charge is -2.39. The average molecular weight is 383 g/mol. The van der Waals surface area contributed by atoms with E-state index in [9.17, 15) is 0 Å². The van der Waals surface area contributed by atoms with Crippen molar-refractivity contribution in [2.75, 3.05) is 38.5 Å². The lowest BCUT2D eigenvalue weighted by Crippen LogP contribution is -2.50. The van der Waals surface area contributed by atoms with Gasteiger partial charge in [0.05, 0.1) is 18.7 Å². The lowest BCUT2D eigenvalue weighted by molar-refractivity contribution is 0.147. The maximum atomic E-state index is 8.84. The summed E-state index contributed by atoms with van der Waals surface area (Å²) >= 11 is 0. The SMILES string of the molecule is CCOc1ccc(N)c(C(=N)C2(C)C=C(N3CCN(C4CC4)CC3)NC=N2)c1. The van der Waals surface area contributed by atoms with Crippen LogP contribution in [-0.2, 0) is 0 Å². The monoisotopic (exact) mass is 382 g/mol. The standard InChI is InChI=1S/C21H30N6O/c1-3-28-16-6-7-18(22)17(12-16)20(23)21(2)13-19(24-14-25-21)27-10-8-26(9-11-27)15-4-5-15/h6-7,12-15,23H,3-5,8-11,22H2,1-2H3,(H,24,25). The van der Waals surface area contributed by atoms with E-state index >= 15 is 0 Å². The van der Waals surface area contributed by atoms with Crippen LogP contribution in [-0.4, -0.2) is 66.2 Å². The van der Waals surface area contributed by atoms with Crippen molar-refractivity contribution in [3.8, 4) is 5.75 Å². The Bertz CT molecular complexity index is 807. The zero-order valence-corrected chi connectivity index (χ0v) is 16.7. The van der Waals surface area contributed by atoms with E-state index in [1.165, 1.54) is 12.8 Å². The third kappa shape index (κ3) is 3.71. The molecule has 1 saturated heterocycles. The van der Waals surface area contributed by atoms with Crippen LogP contribution in [0.1, 0.15) is 32.3 Å². The van der Waals surface area contributed by atoms with Gasteiger partial charge >= 0.3 is 0 Å². The predicted molar refractivity (Wildman–Crippen MR) is 113 cm³/mol. The molecule has 4 rings (SSSR count). The van der Waals surface area contributed by atoms with Crippen LogP contribution in [0.4, 0.5) is 5.69 Å². The highest BCUT2D eigenvalue weighted by Crippen LogP contribution is 2.30. The molecule has 0 amide bonds. The average Bonchev–Trinajstić information content (AvgIpc) is 3.55. The number of nitrogens with two attached hydrogens (primary N) is 1. The number of anilines is 1. The third-order valence-corrected chi connectivity index (χ3v) is 5.79. The number of benzene rings is 1. The molecule has 0 spiro atoms. The van der Waals surface area contributed by atoms with Crippen LogP contribution in [0.5, 0.6) is 5.75 Å². The number of nitrogen functional groups attached to an aromatic ring is 1. The fourth-order valence-corrected chi connectivity index (χ4v) is 3.95. The van der Waals surface area contributed by atoms with Gasteiger partial charge in [0.15, 0.2) is 0 Å². The van der Waals surface area contributed by atoms with E-state index in [0.29, 0.717) is 23.6 Å². The van der Waals surface area contributed by atoms with Gasteiger partial charge in [0.2, 0.25) is 0 Å². The molecule has 0 radical (unpaired) electrons. The number of nitrogens with one attached hydrogen (secondary N) is 2. The molecule has 150 valence electrons. The fraction of sp³-hybridized carbons (Fsp3) is 0.524. The van der Waals surface area contributed by atoms with Crippen LogP contribution in [0.25, 0.3) is 0 Å². The molecule has 1 aromatic carbocycles. The molecule has 2 aliphatic heterocycles. The number of nitrogens with zero attached hydrogens (tertiary/aromatic N) is 3. The van der Waals surface area contributed by atoms with Crippen molar-refractivity contribution in [3.05, 3.63) is 35.7 Å². The lowest BCUT2D eigenvalue weighted by atomic mass is 9.88. The van der Waals surface area contributed by atoms with E-state index in [-0.39, 0.29) is 0 Å². The predicted octanol–water partition coefficient (Wildman–Crippen LogP) is 2.05. The first-order valence-corrected chi connectivity index (χ1v) is 10.1. The topological polar surface area (TPSA) is 90.0 Å². The molecule has 28 heavy (non-hydrogen) atoms. The summed E-state index contributed by atoms with van der Waals surface area (Å²) in [5.41, 5.74) is 7.02. The summed E-state index contributed by atoms with van der Waals surface area (Å²) in [7, 11) is 0. The molecule has 1 aromatic rings. The quantitative estimate of drug-likeness (QED) is 0.517. The minimum absolute atomic E-state index is 0.374. The molecule has 2 heterocycles. The maximum absolute atomic E-state index is 8.84. The van der Waals surface area contributed by atoms with Crippen molar-refractivity contribution in [1.29, 1.82) is 5.41 Å². The molecule has 7 nitrogen and oxygen atoms in total. The van der Waals surface area contributed by atoms with Gasteiger partial charge in [0.1, 0.15) is 17.1 Å². The van der Waals surface area contributed by atoms with Gasteiger partial charge in [-0.2, -0.15) is 0 Å². The minimum atomic E-state index is -0.771. The number of aliphatic imine (C=N–C) groups is 1. The van der Waals surface area contributed by atoms with Crippen molar-refractivity contribution in [2.45, 2.75) is 38.3 Å². The summed E-state index contributed by atoms with van der Waals surface area (Å²) in [5, 5.41) is 12.1. The van der Waals surface area contributed by atoms with E-state index < -0.39 is 5.54 Å². The van der Waals surface area contributed by atoms with Crippen LogP contribution in [0.3, 0.4) is 0 Å². The van der Waals surface area contributed by atoms with Crippen LogP contribution >= 0.6 is 0 Å². The Morgan fingerprint density at radius 2 is 2.07 bits per heavy atom. The summed E-state index contributed by atoms with van der Waals surface area (Å²) < 4.78 is 5.59. The normalized spacial score (nSPS) is 25.2. The van der Waals surface area contributed by atoms with E-state index in [1.54, 1.807) is 12.4 Å². The largest absolute Gasteiger partial charge is 0.494 e. The van der Waals surface area contributed by atoms with Gasteiger partial charge in [-0.1, -0.05) is 0 Å². The van der Waals surface area contributed by atoms with Crippen molar-refractivity contribution in [3.63, 3.8) is 0 Å². The molecule has 1 atom stereocenters. The first-order valence-electron chi connectivity index (χ1n) is 10.1. The maximum Gasteiger partial charge on any atom is 0.123 e. The van der Waals surface area contributed by atoms with Gasteiger partial charge in [-0.15, -0.1) is 0 Å². The zero-order valence-electron chi connectivity index (χ0n) is 16.7. The molecule has 2 fully saturated rings. The highest BCUT2D eigenvalue weighted by Gasteiger charge is 2.35. The van der Waals surface area contributed by atoms with Gasteiger partial charge in [-0.3, -0.25) is 9.89 Å². The second-order valence-corrected chi connectivity index (χ2v) is 7.89. The van der Waals surface area contributed by atoms with Gasteiger partial charge in [-0.25, -0.2) is 0 Å². The van der Waals surface area contributed by atoms with E-state index in [0.717, 1.165) is 43.8 Å². The summed E-state index contributed by atoms with van der Waals surface area (Å²) in [6.45, 7) is 8.66. The number of ether oxygens (including phenoxy) is 1. The fourth-order valence-electron chi connectivity index (χ4n) is 3.95. The Morgan fingerprint density at radius 1 is 1.32 bits per heavy atom. The van der Waals surface area contributed by atoms with E-state index in [4.69, 9.17) is 15.9 Å². The number of rotatable bonds is 6. The molecule has 1 unspecified atom stereocenters. The Balaban J connectivity index is 1.53. The second kappa shape index (κ2) is 7.47. The molecule has 1 aliphatic carbocycles. The number of hydrogen-bond donors (Lipinski definition) is 3. The molecule has 3 aliphatic rings. The van der Waals surface area contributed by atoms with Gasteiger partial charge in [-0.05, 0) is 51.0 Å². The summed E-state index contributed by atoms with van der Waals surface area (Å²) in [6, 6.07) is 6.29. The zero-order chi connectivity index (χ0) is 19.7. The van der Waals surface area contributed by atoms with E-state index in [2.05, 4.69) is 26.2 Å². The van der Waals surface area contributed by atoms with Crippen LogP contribution in [0, 0.1) is 5.41 Å². The second-order valence-electron chi connectivity index (χ2n) is 7.89. The van der Waals surface area contributed by atoms with Gasteiger partial charge in [0.25, 0.3) is 0 Å². The molecule has 0 bridgehead atoms. The molecule has 4 N–H and O–H groups in total. The van der Waals surface area contributed by atoms with Crippen LogP contribution < -0.4 is 15.8 Å². The Kier molecular flexibility index (Phi) is 5.02. The molecule has 1 saturated carbocycles. The Hall–Kier alpha value is -2.54. The summed E-state index contributed by atoms with van der Waals surface area (Å²) in [6.07, 6.45) is 6.46. The summed E-state index contributed by atoms with van der Waals surface area (Å²) in [4.78, 5) is 9.53. The molecule has 7 heteroatoms. The van der Waals surface area contributed by atoms with Crippen molar-refractivity contribution >= 4 is 17.7 Å². The number of hydrogen-bond acceptors (Lipinski definition) is 7. The third-order valence-electron chi connectivity index (χ3n) is 5.79. The molecule has 0 aromatic heterocycles. The summed E-state index contributed by atoms with van der Waals surface area (Å²) in [5.74, 6) is 1.75. The highest BCUT2D eigenvalue weighted by molar-refractivity contribution is 6.10. The Morgan fingerprint density at radius 3 is 2.75 bits per heavy atom. The van der Waals surface area contributed by atoms with Crippen LogP contribution in [0.15, 0.2) is 35.1 Å². The minimum Gasteiger partial charge on any atom is -0.494 e.